The summed E-state index contributed by atoms with van der Waals surface area (Å²) in [5.74, 6) is -13.1. The third kappa shape index (κ3) is 45.4. The van der Waals surface area contributed by atoms with Gasteiger partial charge in [-0.2, -0.15) is 0 Å². The van der Waals surface area contributed by atoms with Crippen molar-refractivity contribution < 1.29 is 77.3 Å². The molecule has 1 aromatic carbocycles. The summed E-state index contributed by atoms with van der Waals surface area (Å²) in [5.41, 5.74) is 41.2. The van der Waals surface area contributed by atoms with Crippen molar-refractivity contribution in [3.63, 3.8) is 0 Å². The molecular formula is C84H153N21O16. The van der Waals surface area contributed by atoms with Crippen LogP contribution in [0.25, 0.3) is 0 Å². The van der Waals surface area contributed by atoms with Gasteiger partial charge in [-0.25, -0.2) is 4.79 Å². The fourth-order valence-corrected chi connectivity index (χ4v) is 13.4. The number of carboxylic acids is 1. The lowest BCUT2D eigenvalue weighted by Gasteiger charge is -2.30. The Labute approximate surface area is 716 Å². The lowest BCUT2D eigenvalue weighted by molar-refractivity contribution is -0.143. The highest BCUT2D eigenvalue weighted by molar-refractivity contribution is 6.00. The minimum Gasteiger partial charge on any atom is -0.508 e. The quantitative estimate of drug-likeness (QED) is 0.0241. The average molecular weight is 1710 g/mol. The molecule has 0 unspecified atom stereocenters. The highest BCUT2D eigenvalue weighted by atomic mass is 16.4. The number of nitrogens with one attached hydrogen (secondary N) is 13. The lowest BCUT2D eigenvalue weighted by Crippen LogP contribution is -2.61. The van der Waals surface area contributed by atoms with Gasteiger partial charge in [-0.1, -0.05) is 115 Å². The van der Waals surface area contributed by atoms with Gasteiger partial charge in [0.25, 0.3) is 0 Å². The molecule has 121 heavy (non-hydrogen) atoms. The van der Waals surface area contributed by atoms with Crippen LogP contribution in [0.2, 0.25) is 0 Å². The second kappa shape index (κ2) is 59.4. The molecule has 29 N–H and O–H groups in total. The number of rotatable bonds is 63. The van der Waals surface area contributed by atoms with Crippen LogP contribution in [0, 0.1) is 41.4 Å². The number of phenolic OH excluding ortho intramolecular Hbond substituents is 1. The number of aromatic hydroxyl groups is 1. The molecule has 0 spiro atoms. The van der Waals surface area contributed by atoms with Crippen LogP contribution < -0.4 is 109 Å². The van der Waals surface area contributed by atoms with Crippen LogP contribution in [0.5, 0.6) is 5.75 Å². The van der Waals surface area contributed by atoms with Gasteiger partial charge in [0.1, 0.15) is 84.3 Å². The Morgan fingerprint density at radius 3 is 0.926 bits per heavy atom. The molecule has 690 valence electrons. The van der Waals surface area contributed by atoms with Gasteiger partial charge in [0, 0.05) is 13.0 Å². The van der Waals surface area contributed by atoms with E-state index in [0.717, 1.165) is 0 Å². The van der Waals surface area contributed by atoms with E-state index >= 15 is 0 Å². The number of guanidine groups is 1. The third-order valence-electron chi connectivity index (χ3n) is 20.2. The predicted octanol–water partition coefficient (Wildman–Crippen LogP) is 0.561. The van der Waals surface area contributed by atoms with E-state index in [-0.39, 0.29) is 144 Å². The maximum atomic E-state index is 14.9. The Morgan fingerprint density at radius 1 is 0.331 bits per heavy atom. The molecule has 0 saturated heterocycles. The first-order valence-corrected chi connectivity index (χ1v) is 43.5. The van der Waals surface area contributed by atoms with Crippen molar-refractivity contribution >= 4 is 88.7 Å². The van der Waals surface area contributed by atoms with Crippen LogP contribution in [0.3, 0.4) is 0 Å². The van der Waals surface area contributed by atoms with E-state index in [9.17, 15) is 77.3 Å². The molecule has 1 aromatic rings. The molecule has 13 amide bonds. The smallest absolute Gasteiger partial charge is 0.326 e. The number of nitrogens with two attached hydrogens (primary N) is 7. The minimum atomic E-state index is -1.49. The number of nitrogens with zero attached hydrogens (tertiary/aromatic N) is 1. The Bertz CT molecular complexity index is 3400. The molecule has 0 aliphatic rings. The number of hydrogen-bond donors (Lipinski definition) is 22. The molecule has 0 bridgehead atoms. The van der Waals surface area contributed by atoms with Crippen LogP contribution in [0.4, 0.5) is 0 Å². The monoisotopic (exact) mass is 1710 g/mol. The highest BCUT2D eigenvalue weighted by Crippen LogP contribution is 2.19. The number of benzene rings is 1. The van der Waals surface area contributed by atoms with Gasteiger partial charge in [0.15, 0.2) is 5.96 Å². The summed E-state index contributed by atoms with van der Waals surface area (Å²) >= 11 is 0. The van der Waals surface area contributed by atoms with Gasteiger partial charge in [0.05, 0.1) is 6.04 Å². The Balaban J connectivity index is 3.80. The Morgan fingerprint density at radius 2 is 0.603 bits per heavy atom. The molecular weight excluding hydrogens is 1560 g/mol. The zero-order valence-electron chi connectivity index (χ0n) is 74.6. The van der Waals surface area contributed by atoms with Gasteiger partial charge in [-0.15, -0.1) is 0 Å². The van der Waals surface area contributed by atoms with Crippen LogP contribution in [-0.2, 0) is 73.5 Å². The van der Waals surface area contributed by atoms with Crippen molar-refractivity contribution in [2.45, 2.75) is 330 Å². The molecule has 37 heteroatoms. The number of phenols is 1. The summed E-state index contributed by atoms with van der Waals surface area (Å²) in [6.45, 7) is 27.9. The standard InChI is InChI=1S/C84H153N21O16/c1-16-53(14)69(105-81(118)66(44-51(10)11)102-73(110)59(27-18-22-36-86)95-72(109)58(26-17-21-35-85)94-71(108)57(89)40-47(2)3)82(119)98-62(30-25-39-92-84(90)91)75(112)100-63(41-48(4)5)77(114)93-54(15)70(107)99-67(46-55-31-33-56(106)34-32-55)80(117)97-60(28-19-23-37-87)74(111)101-65(43-50(8)9)79(116)103-64(42-49(6)7)78(115)96-61(29-20-24-38-88)76(113)104-68(83(120)121)45-52(12)13/h31-34,47-54,57-69,106H,16-30,35-46,85-89H2,1-15H3,(H,93,114)(H,94,108)(H,95,109)(H,96,115)(H,97,117)(H,98,119)(H,99,107)(H,100,112)(H,101,111)(H,102,110)(H,103,116)(H,104,113)(H,105,118)(H,120,121)(H4,90,91,92)/t53-,54-,57-,58-,59-,60-,61-,62-,63-,64-,65-,66-,67-,68-,69-/m0/s1. The number of aliphatic imine (C=N–C) groups is 1. The second-order valence-electron chi connectivity index (χ2n) is 34.5. The van der Waals surface area contributed by atoms with E-state index in [1.807, 2.05) is 55.4 Å². The maximum absolute atomic E-state index is 14.9. The zero-order valence-corrected chi connectivity index (χ0v) is 74.6. The SMILES string of the molecule is CC[C@H](C)[C@H](NC(=O)[C@H](CC(C)C)NC(=O)[C@H](CCCCN)NC(=O)[C@H](CCCCN)NC(=O)[C@@H](N)CC(C)C)C(=O)N[C@@H](CCCN=C(N)N)C(=O)N[C@@H](CC(C)C)C(=O)N[C@@H](C)C(=O)N[C@@H](Cc1ccc(O)cc1)C(=O)N[C@@H](CCCCN)C(=O)N[C@@H](CC(C)C)C(=O)N[C@@H](CC(C)C)C(=O)N[C@@H](CCCCN)C(=O)N[C@@H](CC(C)C)C(=O)O. The number of carboxylic acid groups (broad SMARTS) is 1. The van der Waals surface area contributed by atoms with E-state index in [1.54, 1.807) is 41.5 Å². The van der Waals surface area contributed by atoms with Crippen LogP contribution in [0.15, 0.2) is 29.3 Å². The van der Waals surface area contributed by atoms with Crippen LogP contribution in [-0.4, -0.2) is 216 Å². The second-order valence-corrected chi connectivity index (χ2v) is 34.5. The van der Waals surface area contributed by atoms with E-state index in [2.05, 4.69) is 74.1 Å². The highest BCUT2D eigenvalue weighted by Gasteiger charge is 2.39. The fourth-order valence-electron chi connectivity index (χ4n) is 13.4. The summed E-state index contributed by atoms with van der Waals surface area (Å²) in [6.07, 6.45) is 4.72. The maximum Gasteiger partial charge on any atom is 0.326 e. The van der Waals surface area contributed by atoms with E-state index in [4.69, 9.17) is 40.1 Å². The van der Waals surface area contributed by atoms with Gasteiger partial charge in [0.2, 0.25) is 76.8 Å². The molecule has 1 rings (SSSR count). The number of unbranched alkanes of at least 4 members (excludes halogenated alkanes) is 4. The van der Waals surface area contributed by atoms with Crippen molar-refractivity contribution in [3.8, 4) is 5.75 Å². The first-order valence-electron chi connectivity index (χ1n) is 43.5. The normalized spacial score (nSPS) is 15.2. The Kier molecular flexibility index (Phi) is 53.9. The molecule has 15 atom stereocenters. The number of aliphatic carboxylic acids is 1. The molecule has 37 nitrogen and oxygen atoms in total. The van der Waals surface area contributed by atoms with Crippen molar-refractivity contribution in [3.05, 3.63) is 29.8 Å². The topological polar surface area (TPSA) is 630 Å². The first kappa shape index (κ1) is 110. The lowest BCUT2D eigenvalue weighted by atomic mass is 9.95. The predicted molar refractivity (Wildman–Crippen MR) is 466 cm³/mol. The van der Waals surface area contributed by atoms with Crippen molar-refractivity contribution in [2.24, 2.45) is 86.6 Å². The van der Waals surface area contributed by atoms with Gasteiger partial charge in [-0.3, -0.25) is 67.3 Å². The van der Waals surface area contributed by atoms with Crippen molar-refractivity contribution in [1.29, 1.82) is 0 Å². The van der Waals surface area contributed by atoms with Gasteiger partial charge >= 0.3 is 5.97 Å². The summed E-state index contributed by atoms with van der Waals surface area (Å²) in [6, 6.07) is -12.1. The molecule has 0 fully saturated rings. The molecule has 0 heterocycles. The molecule has 0 saturated carbocycles. The number of amides is 13. The molecule has 0 radical (unpaired) electrons. The Hall–Kier alpha value is -9.33. The van der Waals surface area contributed by atoms with Gasteiger partial charge < -0.3 is 119 Å². The zero-order chi connectivity index (χ0) is 91.8. The third-order valence-corrected chi connectivity index (χ3v) is 20.2. The van der Waals surface area contributed by atoms with Crippen molar-refractivity contribution in [2.75, 3.05) is 32.7 Å². The number of hydrogen-bond acceptors (Lipinski definition) is 21. The van der Waals surface area contributed by atoms with E-state index in [0.29, 0.717) is 82.9 Å². The largest absolute Gasteiger partial charge is 0.508 e. The summed E-state index contributed by atoms with van der Waals surface area (Å²) in [5, 5.41) is 55.9. The van der Waals surface area contributed by atoms with Gasteiger partial charge in [-0.05, 0) is 221 Å². The van der Waals surface area contributed by atoms with Crippen molar-refractivity contribution in [1.82, 2.24) is 69.1 Å². The van der Waals surface area contributed by atoms with Crippen LogP contribution in [0.1, 0.15) is 244 Å². The number of carbonyl (C=O) groups excluding carboxylic acids is 13. The molecule has 0 aromatic heterocycles. The summed E-state index contributed by atoms with van der Waals surface area (Å²) < 4.78 is 0. The van der Waals surface area contributed by atoms with E-state index in [1.165, 1.54) is 31.2 Å². The van der Waals surface area contributed by atoms with E-state index < -0.39 is 173 Å². The summed E-state index contributed by atoms with van der Waals surface area (Å²) in [7, 11) is 0. The summed E-state index contributed by atoms with van der Waals surface area (Å²) in [4.78, 5) is 204. The molecule has 0 aliphatic heterocycles. The first-order chi connectivity index (χ1) is 56.9. The van der Waals surface area contributed by atoms with Crippen LogP contribution >= 0.6 is 0 Å². The molecule has 0 aliphatic carbocycles. The fraction of sp³-hybridized carbons (Fsp3) is 0.750. The minimum absolute atomic E-state index is 0.00719. The average Bonchev–Trinajstić information content (AvgIpc) is 0.848. The number of carbonyl (C=O) groups is 14.